The number of hydrogen-bond donors (Lipinski definition) is 1. The van der Waals surface area contributed by atoms with Crippen LogP contribution >= 0.6 is 0 Å². The van der Waals surface area contributed by atoms with Crippen LogP contribution in [0.15, 0.2) is 35.4 Å². The lowest BCUT2D eigenvalue weighted by Crippen LogP contribution is -2.09. The molecule has 0 saturated heterocycles. The average Bonchev–Trinajstić information content (AvgIpc) is 2.80. The summed E-state index contributed by atoms with van der Waals surface area (Å²) >= 11 is 0. The van der Waals surface area contributed by atoms with E-state index in [1.807, 2.05) is 20.8 Å². The van der Waals surface area contributed by atoms with Crippen molar-refractivity contribution >= 4 is 15.5 Å². The van der Waals surface area contributed by atoms with Gasteiger partial charge in [-0.05, 0) is 44.5 Å². The van der Waals surface area contributed by atoms with Crippen LogP contribution in [0, 0.1) is 6.92 Å². The maximum atomic E-state index is 12.4. The number of nitrogens with two attached hydrogens (primary N) is 1. The van der Waals surface area contributed by atoms with Gasteiger partial charge in [-0.15, -0.1) is 0 Å². The standard InChI is InChI=1S/C14H19N3O2S/c1-10(2)17-7-6-12(16-17)9-20(18,19)14-8-11(3)4-5-13(14)15/h4-8,10H,9,15H2,1-3H3. The highest BCUT2D eigenvalue weighted by molar-refractivity contribution is 7.90. The number of anilines is 1. The highest BCUT2D eigenvalue weighted by Crippen LogP contribution is 2.23. The third kappa shape index (κ3) is 3.01. The van der Waals surface area contributed by atoms with E-state index in [-0.39, 0.29) is 22.4 Å². The zero-order chi connectivity index (χ0) is 14.9. The molecule has 1 heterocycles. The van der Waals surface area contributed by atoms with Gasteiger partial charge in [-0.25, -0.2) is 8.42 Å². The molecule has 0 aliphatic heterocycles. The van der Waals surface area contributed by atoms with Crippen LogP contribution in [0.3, 0.4) is 0 Å². The first-order valence-corrected chi connectivity index (χ1v) is 8.08. The van der Waals surface area contributed by atoms with Crippen LogP contribution in [0.25, 0.3) is 0 Å². The first-order valence-electron chi connectivity index (χ1n) is 6.42. The van der Waals surface area contributed by atoms with E-state index in [0.717, 1.165) is 5.56 Å². The predicted molar refractivity (Wildman–Crippen MR) is 79.1 cm³/mol. The molecule has 0 aliphatic rings. The second-order valence-electron chi connectivity index (χ2n) is 5.18. The van der Waals surface area contributed by atoms with E-state index in [2.05, 4.69) is 5.10 Å². The van der Waals surface area contributed by atoms with Gasteiger partial charge in [0.05, 0.1) is 22.0 Å². The fourth-order valence-electron chi connectivity index (χ4n) is 1.93. The van der Waals surface area contributed by atoms with Gasteiger partial charge in [0, 0.05) is 12.2 Å². The average molecular weight is 293 g/mol. The Labute approximate surface area is 119 Å². The minimum absolute atomic E-state index is 0.139. The summed E-state index contributed by atoms with van der Waals surface area (Å²) in [5, 5.41) is 4.27. The molecule has 0 atom stereocenters. The number of nitrogen functional groups attached to an aromatic ring is 1. The van der Waals surface area contributed by atoms with Crippen LogP contribution < -0.4 is 5.73 Å². The molecule has 0 spiro atoms. The Morgan fingerprint density at radius 2 is 2.00 bits per heavy atom. The van der Waals surface area contributed by atoms with Crippen LogP contribution in [0.1, 0.15) is 31.1 Å². The molecule has 2 aromatic rings. The molecule has 2 N–H and O–H groups in total. The van der Waals surface area contributed by atoms with Gasteiger partial charge in [0.1, 0.15) is 0 Å². The summed E-state index contributed by atoms with van der Waals surface area (Å²) in [4.78, 5) is 0.177. The molecule has 2 rings (SSSR count). The van der Waals surface area contributed by atoms with E-state index in [0.29, 0.717) is 5.69 Å². The maximum absolute atomic E-state index is 12.4. The lowest BCUT2D eigenvalue weighted by molar-refractivity contribution is 0.527. The second kappa shape index (κ2) is 5.28. The van der Waals surface area contributed by atoms with Crippen LogP contribution in [0.5, 0.6) is 0 Å². The van der Waals surface area contributed by atoms with Crippen molar-refractivity contribution in [1.29, 1.82) is 0 Å². The van der Waals surface area contributed by atoms with Crippen LogP contribution in [-0.4, -0.2) is 18.2 Å². The molecule has 5 nitrogen and oxygen atoms in total. The van der Waals surface area contributed by atoms with E-state index in [1.165, 1.54) is 0 Å². The van der Waals surface area contributed by atoms with Gasteiger partial charge in [0.15, 0.2) is 9.84 Å². The number of aromatic nitrogens is 2. The van der Waals surface area contributed by atoms with Crippen molar-refractivity contribution < 1.29 is 8.42 Å². The Morgan fingerprint density at radius 1 is 1.30 bits per heavy atom. The molecular weight excluding hydrogens is 274 g/mol. The van der Waals surface area contributed by atoms with Gasteiger partial charge >= 0.3 is 0 Å². The topological polar surface area (TPSA) is 78.0 Å². The Balaban J connectivity index is 2.33. The molecule has 0 fully saturated rings. The molecule has 0 amide bonds. The third-order valence-electron chi connectivity index (χ3n) is 3.03. The maximum Gasteiger partial charge on any atom is 0.186 e. The monoisotopic (exact) mass is 293 g/mol. The normalized spacial score (nSPS) is 12.0. The van der Waals surface area contributed by atoms with E-state index in [1.54, 1.807) is 35.1 Å². The lowest BCUT2D eigenvalue weighted by atomic mass is 10.2. The molecular formula is C14H19N3O2S. The molecule has 108 valence electrons. The number of hydrogen-bond acceptors (Lipinski definition) is 4. The van der Waals surface area contributed by atoms with E-state index in [9.17, 15) is 8.42 Å². The number of sulfone groups is 1. The fourth-order valence-corrected chi connectivity index (χ4v) is 3.42. The molecule has 0 unspecified atom stereocenters. The Bertz CT molecular complexity index is 718. The summed E-state index contributed by atoms with van der Waals surface area (Å²) in [6.07, 6.45) is 1.79. The summed E-state index contributed by atoms with van der Waals surface area (Å²) in [5.74, 6) is -0.139. The van der Waals surface area contributed by atoms with Gasteiger partial charge in [-0.1, -0.05) is 6.07 Å². The van der Waals surface area contributed by atoms with Crippen molar-refractivity contribution in [3.63, 3.8) is 0 Å². The lowest BCUT2D eigenvalue weighted by Gasteiger charge is -2.08. The first-order chi connectivity index (χ1) is 9.29. The number of nitrogens with zero attached hydrogens (tertiary/aromatic N) is 2. The largest absolute Gasteiger partial charge is 0.398 e. The SMILES string of the molecule is Cc1ccc(N)c(S(=O)(=O)Cc2ccn(C(C)C)n2)c1. The third-order valence-corrected chi connectivity index (χ3v) is 4.73. The summed E-state index contributed by atoms with van der Waals surface area (Å²) in [7, 11) is -3.48. The highest BCUT2D eigenvalue weighted by atomic mass is 32.2. The van der Waals surface area contributed by atoms with Crippen molar-refractivity contribution in [2.45, 2.75) is 37.5 Å². The van der Waals surface area contributed by atoms with Gasteiger partial charge in [-0.3, -0.25) is 4.68 Å². The predicted octanol–water partition coefficient (Wildman–Crippen LogP) is 2.33. The second-order valence-corrected chi connectivity index (χ2v) is 7.14. The molecule has 0 radical (unpaired) electrons. The fraction of sp³-hybridized carbons (Fsp3) is 0.357. The van der Waals surface area contributed by atoms with Crippen molar-refractivity contribution in [2.75, 3.05) is 5.73 Å². The smallest absolute Gasteiger partial charge is 0.186 e. The van der Waals surface area contributed by atoms with Crippen LogP contribution in [0.4, 0.5) is 5.69 Å². The van der Waals surface area contributed by atoms with Crippen LogP contribution in [-0.2, 0) is 15.6 Å². The van der Waals surface area contributed by atoms with Crippen molar-refractivity contribution in [3.05, 3.63) is 41.7 Å². The Morgan fingerprint density at radius 3 is 2.60 bits per heavy atom. The molecule has 0 aliphatic carbocycles. The number of aryl methyl sites for hydroxylation is 1. The first kappa shape index (κ1) is 14.6. The van der Waals surface area contributed by atoms with Crippen molar-refractivity contribution in [2.24, 2.45) is 0 Å². The molecule has 0 saturated carbocycles. The molecule has 20 heavy (non-hydrogen) atoms. The number of rotatable bonds is 4. The highest BCUT2D eigenvalue weighted by Gasteiger charge is 2.20. The Kier molecular flexibility index (Phi) is 3.85. The van der Waals surface area contributed by atoms with Gasteiger partial charge in [0.25, 0.3) is 0 Å². The van der Waals surface area contributed by atoms with E-state index >= 15 is 0 Å². The molecule has 0 bridgehead atoms. The summed E-state index contributed by atoms with van der Waals surface area (Å²) in [6.45, 7) is 5.82. The van der Waals surface area contributed by atoms with Gasteiger partial charge < -0.3 is 5.73 Å². The minimum Gasteiger partial charge on any atom is -0.398 e. The van der Waals surface area contributed by atoms with Crippen LogP contribution in [0.2, 0.25) is 0 Å². The van der Waals surface area contributed by atoms with Gasteiger partial charge in [0.2, 0.25) is 0 Å². The van der Waals surface area contributed by atoms with Crippen molar-refractivity contribution in [1.82, 2.24) is 9.78 Å². The summed E-state index contributed by atoms with van der Waals surface area (Å²) in [6, 6.07) is 6.94. The zero-order valence-corrected chi connectivity index (χ0v) is 12.7. The molecule has 1 aromatic heterocycles. The van der Waals surface area contributed by atoms with Crippen molar-refractivity contribution in [3.8, 4) is 0 Å². The Hall–Kier alpha value is -1.82. The molecule has 1 aromatic carbocycles. The zero-order valence-electron chi connectivity index (χ0n) is 11.9. The van der Waals surface area contributed by atoms with E-state index in [4.69, 9.17) is 5.73 Å². The van der Waals surface area contributed by atoms with Gasteiger partial charge in [-0.2, -0.15) is 5.10 Å². The quantitative estimate of drug-likeness (QED) is 0.878. The van der Waals surface area contributed by atoms with E-state index < -0.39 is 9.84 Å². The minimum atomic E-state index is -3.48. The molecule has 6 heteroatoms. The number of benzene rings is 1. The summed E-state index contributed by atoms with van der Waals surface area (Å²) < 4.78 is 26.6. The summed E-state index contributed by atoms with van der Waals surface area (Å²) in [5.41, 5.74) is 7.45.